The highest BCUT2D eigenvalue weighted by Gasteiger charge is 2.53. The summed E-state index contributed by atoms with van der Waals surface area (Å²) in [5.41, 5.74) is 26.6. The fourth-order valence-corrected chi connectivity index (χ4v) is 19.4. The molecule has 10 nitrogen and oxygen atoms in total. The second kappa shape index (κ2) is 28.2. The first-order chi connectivity index (χ1) is 60.4. The predicted octanol–water partition coefficient (Wildman–Crippen LogP) is 27.1. The molecule has 21 aromatic rings. The van der Waals surface area contributed by atoms with Gasteiger partial charge in [0.2, 0.25) is 0 Å². The van der Waals surface area contributed by atoms with Gasteiger partial charge in [0.05, 0.1) is 33.3 Å². The molecule has 0 fully saturated rings. The van der Waals surface area contributed by atoms with Gasteiger partial charge in [-0.2, -0.15) is 0 Å². The van der Waals surface area contributed by atoms with Crippen LogP contribution in [-0.2, 0) is 10.8 Å². The SMILES string of the molecule is c1ccc(-c2ccc(-c3nc(-c4ccccc4)nc(-c4cccc(-c5nc6ccccc6c6cc7c(cc56)Oc5ccccc5C75c6ccccc6-c6ccccc65)c4)n3)cc2)cc1.c1ccc(-c2nc(-c3ccccc3)nc(-c3cccc(-c4nc5ccccc5c5cc6c(cc45)Oc4ccccc4C64c5ccccc5-c5ccccc54)c3)n2)cc1. The van der Waals surface area contributed by atoms with E-state index in [0.29, 0.717) is 34.9 Å². The van der Waals surface area contributed by atoms with Crippen LogP contribution in [0.5, 0.6) is 23.0 Å². The first kappa shape index (κ1) is 70.0. The van der Waals surface area contributed by atoms with Crippen molar-refractivity contribution in [3.63, 3.8) is 0 Å². The summed E-state index contributed by atoms with van der Waals surface area (Å²) in [5, 5.41) is 6.42. The molecule has 0 saturated carbocycles. The molecule has 4 aromatic heterocycles. The van der Waals surface area contributed by atoms with Crippen LogP contribution in [0.4, 0.5) is 0 Å². The van der Waals surface area contributed by atoms with E-state index in [1.165, 1.54) is 44.5 Å². The molecule has 10 heteroatoms. The summed E-state index contributed by atoms with van der Waals surface area (Å²) in [6, 6.07) is 144. The quantitative estimate of drug-likeness (QED) is 0.129. The van der Waals surface area contributed by atoms with E-state index >= 15 is 0 Å². The molecule has 2 spiro atoms. The second-order valence-corrected chi connectivity index (χ2v) is 31.4. The van der Waals surface area contributed by atoms with Crippen molar-refractivity contribution in [1.82, 2.24) is 39.9 Å². The monoisotopic (exact) mass is 1560 g/mol. The molecule has 0 bridgehead atoms. The molecule has 0 atom stereocenters. The van der Waals surface area contributed by atoms with Crippen LogP contribution in [0.1, 0.15) is 44.5 Å². The predicted molar refractivity (Wildman–Crippen MR) is 489 cm³/mol. The summed E-state index contributed by atoms with van der Waals surface area (Å²) in [5.74, 6) is 7.00. The summed E-state index contributed by atoms with van der Waals surface area (Å²) in [6.07, 6.45) is 0. The molecular weight excluding hydrogens is 1490 g/mol. The van der Waals surface area contributed by atoms with Crippen LogP contribution < -0.4 is 9.47 Å². The number of rotatable bonds is 9. The van der Waals surface area contributed by atoms with E-state index in [2.05, 4.69) is 315 Å². The molecule has 4 aliphatic rings. The molecule has 0 N–H and O–H groups in total. The van der Waals surface area contributed by atoms with Crippen molar-refractivity contribution in [2.45, 2.75) is 10.8 Å². The molecule has 0 radical (unpaired) electrons. The zero-order valence-corrected chi connectivity index (χ0v) is 65.7. The van der Waals surface area contributed by atoms with E-state index in [1.54, 1.807) is 0 Å². The van der Waals surface area contributed by atoms with Gasteiger partial charge in [-0.1, -0.05) is 352 Å². The number of benzene rings is 17. The molecule has 2 aliphatic carbocycles. The Morgan fingerprint density at radius 3 is 0.803 bits per heavy atom. The molecule has 122 heavy (non-hydrogen) atoms. The van der Waals surface area contributed by atoms with Gasteiger partial charge >= 0.3 is 0 Å². The first-order valence-electron chi connectivity index (χ1n) is 41.2. The van der Waals surface area contributed by atoms with Gasteiger partial charge < -0.3 is 9.47 Å². The van der Waals surface area contributed by atoms with E-state index in [0.717, 1.165) is 156 Å². The van der Waals surface area contributed by atoms with Gasteiger partial charge in [-0.05, 0) is 127 Å². The van der Waals surface area contributed by atoms with Crippen LogP contribution >= 0.6 is 0 Å². The normalized spacial score (nSPS) is 13.0. The van der Waals surface area contributed by atoms with Crippen molar-refractivity contribution >= 4 is 43.4 Å². The Morgan fingerprint density at radius 2 is 0.426 bits per heavy atom. The number of hydrogen-bond donors (Lipinski definition) is 0. The smallest absolute Gasteiger partial charge is 0.164 e. The van der Waals surface area contributed by atoms with Gasteiger partial charge in [0.15, 0.2) is 34.9 Å². The third kappa shape index (κ3) is 11.1. The Kier molecular flexibility index (Phi) is 16.2. The molecule has 0 saturated heterocycles. The van der Waals surface area contributed by atoms with Gasteiger partial charge in [-0.25, -0.2) is 39.9 Å². The zero-order chi connectivity index (χ0) is 80.4. The zero-order valence-electron chi connectivity index (χ0n) is 65.7. The number of fused-ring (bicyclic) bond motifs is 24. The van der Waals surface area contributed by atoms with Crippen LogP contribution in [0.15, 0.2) is 413 Å². The summed E-state index contributed by atoms with van der Waals surface area (Å²) in [6.45, 7) is 0. The van der Waals surface area contributed by atoms with E-state index in [9.17, 15) is 0 Å². The van der Waals surface area contributed by atoms with Gasteiger partial charge in [0.25, 0.3) is 0 Å². The minimum absolute atomic E-state index is 0.568. The van der Waals surface area contributed by atoms with Gasteiger partial charge in [-0.15, -0.1) is 0 Å². The summed E-state index contributed by atoms with van der Waals surface area (Å²) >= 11 is 0. The lowest BCUT2D eigenvalue weighted by atomic mass is 9.65. The van der Waals surface area contributed by atoms with E-state index < -0.39 is 10.8 Å². The second-order valence-electron chi connectivity index (χ2n) is 31.4. The van der Waals surface area contributed by atoms with Crippen LogP contribution in [0.3, 0.4) is 0 Å². The number of aromatic nitrogens is 8. The minimum Gasteiger partial charge on any atom is -0.457 e. The summed E-state index contributed by atoms with van der Waals surface area (Å²) in [4.78, 5) is 41.1. The van der Waals surface area contributed by atoms with Crippen molar-refractivity contribution in [2.24, 2.45) is 0 Å². The van der Waals surface area contributed by atoms with Crippen molar-refractivity contribution in [1.29, 1.82) is 0 Å². The minimum atomic E-state index is -0.579. The van der Waals surface area contributed by atoms with Crippen LogP contribution in [0.25, 0.3) is 168 Å². The molecule has 6 heterocycles. The topological polar surface area (TPSA) is 122 Å². The Hall–Kier alpha value is -16.3. The van der Waals surface area contributed by atoms with Crippen LogP contribution in [0, 0.1) is 0 Å². The fraction of sp³-hybridized carbons (Fsp3) is 0.0179. The Morgan fingerprint density at radius 1 is 0.156 bits per heavy atom. The molecule has 25 rings (SSSR count). The fourth-order valence-electron chi connectivity index (χ4n) is 19.4. The van der Waals surface area contributed by atoms with E-state index in [-0.39, 0.29) is 0 Å². The standard InChI is InChI=1S/C59H36N4O.C53H32N4O/c1-3-16-37(17-4-1)38-30-32-40(33-31-38)57-61-56(39-18-5-2-6-19-39)62-58(63-57)42-21-15-20-41(34-42)55-47-36-54-51(35-46(47)45-24-9-13-28-52(45)60-55)59(50-27-12-14-29-53(50)64-54)48-25-10-7-22-43(48)44-23-8-11-26-49(44)59;1-3-16-33(17-4-1)50-55-51(34-18-5-2-6-19-34)57-52(56-50)36-21-15-20-35(30-36)49-41-32-48-45(31-40(41)39-24-9-13-28-46(39)54-49)53(44-27-12-14-29-47(44)58-48)42-25-10-7-22-37(42)38-23-8-11-26-43(38)53/h1-36H;1-32H. The van der Waals surface area contributed by atoms with Crippen molar-refractivity contribution < 1.29 is 9.47 Å². The lowest BCUT2D eigenvalue weighted by Gasteiger charge is -2.39. The number of para-hydroxylation sites is 4. The molecule has 0 amide bonds. The maximum absolute atomic E-state index is 6.99. The average Bonchev–Trinajstić information content (AvgIpc) is 1.49. The lowest BCUT2D eigenvalue weighted by molar-refractivity contribution is 0.437. The Labute approximate surface area is 703 Å². The van der Waals surface area contributed by atoms with Gasteiger partial charge in [0, 0.05) is 88.3 Å². The third-order valence-corrected chi connectivity index (χ3v) is 24.7. The molecule has 17 aromatic carbocycles. The molecule has 0 unspecified atom stereocenters. The van der Waals surface area contributed by atoms with Crippen molar-refractivity contribution in [3.05, 3.63) is 457 Å². The average molecular weight is 1560 g/mol. The summed E-state index contributed by atoms with van der Waals surface area (Å²) < 4.78 is 13.9. The lowest BCUT2D eigenvalue weighted by Crippen LogP contribution is -2.32. The highest BCUT2D eigenvalue weighted by Crippen LogP contribution is 2.65. The third-order valence-electron chi connectivity index (χ3n) is 24.7. The molecular formula is C112H68N8O2. The van der Waals surface area contributed by atoms with E-state index in [1.807, 2.05) is 97.1 Å². The van der Waals surface area contributed by atoms with E-state index in [4.69, 9.17) is 49.3 Å². The Bertz CT molecular complexity index is 7690. The number of ether oxygens (including phenoxy) is 2. The Balaban J connectivity index is 0.000000139. The maximum Gasteiger partial charge on any atom is 0.164 e. The number of nitrogens with zero attached hydrogens (tertiary/aromatic N) is 8. The van der Waals surface area contributed by atoms with Gasteiger partial charge in [-0.3, -0.25) is 0 Å². The largest absolute Gasteiger partial charge is 0.457 e. The summed E-state index contributed by atoms with van der Waals surface area (Å²) in [7, 11) is 0. The van der Waals surface area contributed by atoms with Gasteiger partial charge in [0.1, 0.15) is 23.0 Å². The number of hydrogen-bond acceptors (Lipinski definition) is 10. The molecule has 568 valence electrons. The maximum atomic E-state index is 6.99. The first-order valence-corrected chi connectivity index (χ1v) is 41.2. The number of pyridine rings is 2. The van der Waals surface area contributed by atoms with Crippen molar-refractivity contribution in [3.8, 4) is 147 Å². The highest BCUT2D eigenvalue weighted by atomic mass is 16.5. The molecule has 2 aliphatic heterocycles. The van der Waals surface area contributed by atoms with Crippen molar-refractivity contribution in [2.75, 3.05) is 0 Å². The van der Waals surface area contributed by atoms with Crippen LogP contribution in [-0.4, -0.2) is 39.9 Å². The highest BCUT2D eigenvalue weighted by molar-refractivity contribution is 6.14. The van der Waals surface area contributed by atoms with Crippen LogP contribution in [0.2, 0.25) is 0 Å².